The number of rotatable bonds is 6. The second-order valence-corrected chi connectivity index (χ2v) is 4.71. The Morgan fingerprint density at radius 2 is 2.10 bits per heavy atom. The van der Waals surface area contributed by atoms with Crippen LogP contribution in [-0.2, 0) is 0 Å². The largest absolute Gasteiger partial charge is 0.495 e. The summed E-state index contributed by atoms with van der Waals surface area (Å²) in [5.74, 6) is 0.801. The third kappa shape index (κ3) is 3.33. The van der Waals surface area contributed by atoms with Crippen molar-refractivity contribution in [3.8, 4) is 5.75 Å². The van der Waals surface area contributed by atoms with E-state index in [0.717, 1.165) is 35.7 Å². The standard InChI is InChI=1S/C16H21N3O/c1-4-8-18-15(13-7-10-17-12(2)11-13)16-14(20-3)6-5-9-19-16/h5-7,9-11,15,18H,4,8H2,1-3H3. The molecule has 4 nitrogen and oxygen atoms in total. The first-order valence-corrected chi connectivity index (χ1v) is 6.91. The topological polar surface area (TPSA) is 47.0 Å². The zero-order valence-electron chi connectivity index (χ0n) is 12.3. The fraction of sp³-hybridized carbons (Fsp3) is 0.375. The molecule has 2 aromatic heterocycles. The third-order valence-corrected chi connectivity index (χ3v) is 3.15. The monoisotopic (exact) mass is 271 g/mol. The van der Waals surface area contributed by atoms with Crippen molar-refractivity contribution in [2.75, 3.05) is 13.7 Å². The number of aromatic nitrogens is 2. The molecular formula is C16H21N3O. The Morgan fingerprint density at radius 1 is 1.25 bits per heavy atom. The van der Waals surface area contributed by atoms with Gasteiger partial charge < -0.3 is 10.1 Å². The van der Waals surface area contributed by atoms with Crippen molar-refractivity contribution < 1.29 is 4.74 Å². The van der Waals surface area contributed by atoms with E-state index in [2.05, 4.69) is 28.3 Å². The lowest BCUT2D eigenvalue weighted by atomic mass is 10.0. The van der Waals surface area contributed by atoms with Gasteiger partial charge in [-0.15, -0.1) is 0 Å². The van der Waals surface area contributed by atoms with E-state index >= 15 is 0 Å². The van der Waals surface area contributed by atoms with E-state index in [1.54, 1.807) is 13.3 Å². The summed E-state index contributed by atoms with van der Waals surface area (Å²) in [4.78, 5) is 8.76. The van der Waals surface area contributed by atoms with Crippen molar-refractivity contribution in [3.05, 3.63) is 53.6 Å². The Morgan fingerprint density at radius 3 is 2.80 bits per heavy atom. The quantitative estimate of drug-likeness (QED) is 0.877. The van der Waals surface area contributed by atoms with Crippen LogP contribution in [-0.4, -0.2) is 23.6 Å². The number of methoxy groups -OCH3 is 1. The van der Waals surface area contributed by atoms with Gasteiger partial charge in [-0.2, -0.15) is 0 Å². The molecule has 0 saturated carbocycles. The van der Waals surface area contributed by atoms with Crippen LogP contribution in [0, 0.1) is 6.92 Å². The first-order valence-electron chi connectivity index (χ1n) is 6.91. The summed E-state index contributed by atoms with van der Waals surface area (Å²) in [5.41, 5.74) is 3.07. The Balaban J connectivity index is 2.41. The first kappa shape index (κ1) is 14.5. The van der Waals surface area contributed by atoms with Crippen LogP contribution in [0.5, 0.6) is 5.75 Å². The van der Waals surface area contributed by atoms with Crippen molar-refractivity contribution in [1.29, 1.82) is 0 Å². The second-order valence-electron chi connectivity index (χ2n) is 4.71. The maximum atomic E-state index is 5.44. The molecule has 1 unspecified atom stereocenters. The van der Waals surface area contributed by atoms with E-state index in [0.29, 0.717) is 0 Å². The third-order valence-electron chi connectivity index (χ3n) is 3.15. The maximum Gasteiger partial charge on any atom is 0.142 e. The fourth-order valence-electron chi connectivity index (χ4n) is 2.20. The van der Waals surface area contributed by atoms with E-state index in [1.165, 1.54) is 0 Å². The minimum Gasteiger partial charge on any atom is -0.495 e. The lowest BCUT2D eigenvalue weighted by Crippen LogP contribution is -2.24. The predicted molar refractivity (Wildman–Crippen MR) is 79.9 cm³/mol. The summed E-state index contributed by atoms with van der Waals surface area (Å²) >= 11 is 0. The SMILES string of the molecule is CCCNC(c1ccnc(C)c1)c1ncccc1OC. The van der Waals surface area contributed by atoms with Crippen molar-refractivity contribution in [2.45, 2.75) is 26.3 Å². The molecular weight excluding hydrogens is 250 g/mol. The molecule has 0 aromatic carbocycles. The highest BCUT2D eigenvalue weighted by molar-refractivity contribution is 5.36. The number of aryl methyl sites for hydroxylation is 1. The molecule has 0 aliphatic rings. The lowest BCUT2D eigenvalue weighted by molar-refractivity contribution is 0.399. The molecule has 106 valence electrons. The molecule has 0 saturated heterocycles. The van der Waals surface area contributed by atoms with Crippen LogP contribution >= 0.6 is 0 Å². The zero-order chi connectivity index (χ0) is 14.4. The molecule has 0 amide bonds. The summed E-state index contributed by atoms with van der Waals surface area (Å²) < 4.78 is 5.44. The van der Waals surface area contributed by atoms with Gasteiger partial charge in [-0.1, -0.05) is 6.92 Å². The molecule has 0 fully saturated rings. The van der Waals surface area contributed by atoms with Gasteiger partial charge in [-0.25, -0.2) is 0 Å². The number of hydrogen-bond donors (Lipinski definition) is 1. The molecule has 20 heavy (non-hydrogen) atoms. The number of pyridine rings is 2. The van der Waals surface area contributed by atoms with Gasteiger partial charge in [0.1, 0.15) is 11.4 Å². The smallest absolute Gasteiger partial charge is 0.142 e. The van der Waals surface area contributed by atoms with Crippen LogP contribution < -0.4 is 10.1 Å². The predicted octanol–water partition coefficient (Wildman–Crippen LogP) is 2.88. The molecule has 2 aromatic rings. The minimum absolute atomic E-state index is 0.0211. The Bertz CT molecular complexity index is 557. The number of nitrogens with zero attached hydrogens (tertiary/aromatic N) is 2. The highest BCUT2D eigenvalue weighted by atomic mass is 16.5. The Labute approximate surface area is 120 Å². The van der Waals surface area contributed by atoms with E-state index in [-0.39, 0.29) is 6.04 Å². The molecule has 2 heterocycles. The highest BCUT2D eigenvalue weighted by Crippen LogP contribution is 2.27. The van der Waals surface area contributed by atoms with Crippen LogP contribution in [0.2, 0.25) is 0 Å². The Kier molecular flexibility index (Phi) is 5.07. The normalized spacial score (nSPS) is 12.2. The van der Waals surface area contributed by atoms with Gasteiger partial charge in [0, 0.05) is 18.1 Å². The van der Waals surface area contributed by atoms with E-state index in [9.17, 15) is 0 Å². The van der Waals surface area contributed by atoms with Crippen LogP contribution in [0.3, 0.4) is 0 Å². The van der Waals surface area contributed by atoms with Gasteiger partial charge in [0.2, 0.25) is 0 Å². The molecule has 4 heteroatoms. The summed E-state index contributed by atoms with van der Waals surface area (Å²) in [6.07, 6.45) is 4.70. The molecule has 1 atom stereocenters. The average Bonchev–Trinajstić information content (AvgIpc) is 2.48. The van der Waals surface area contributed by atoms with Gasteiger partial charge in [0.25, 0.3) is 0 Å². The van der Waals surface area contributed by atoms with Crippen LogP contribution in [0.4, 0.5) is 0 Å². The Hall–Kier alpha value is -1.94. The van der Waals surface area contributed by atoms with Crippen molar-refractivity contribution in [1.82, 2.24) is 15.3 Å². The summed E-state index contributed by atoms with van der Waals surface area (Å²) in [7, 11) is 1.68. The molecule has 0 spiro atoms. The van der Waals surface area contributed by atoms with E-state index in [4.69, 9.17) is 4.74 Å². The molecule has 2 rings (SSSR count). The molecule has 0 bridgehead atoms. The number of nitrogens with one attached hydrogen (secondary N) is 1. The number of ether oxygens (including phenoxy) is 1. The summed E-state index contributed by atoms with van der Waals surface area (Å²) in [5, 5.41) is 3.53. The maximum absolute atomic E-state index is 5.44. The van der Waals surface area contributed by atoms with Crippen molar-refractivity contribution in [3.63, 3.8) is 0 Å². The second kappa shape index (κ2) is 7.01. The van der Waals surface area contributed by atoms with Gasteiger partial charge in [0.15, 0.2) is 0 Å². The minimum atomic E-state index is 0.0211. The van der Waals surface area contributed by atoms with Crippen molar-refractivity contribution in [2.24, 2.45) is 0 Å². The number of hydrogen-bond acceptors (Lipinski definition) is 4. The van der Waals surface area contributed by atoms with E-state index < -0.39 is 0 Å². The van der Waals surface area contributed by atoms with Crippen LogP contribution in [0.1, 0.15) is 36.3 Å². The molecule has 0 radical (unpaired) electrons. The summed E-state index contributed by atoms with van der Waals surface area (Å²) in [6.45, 7) is 5.07. The van der Waals surface area contributed by atoms with Gasteiger partial charge in [-0.3, -0.25) is 9.97 Å². The molecule has 0 aliphatic heterocycles. The van der Waals surface area contributed by atoms with Crippen LogP contribution in [0.25, 0.3) is 0 Å². The highest BCUT2D eigenvalue weighted by Gasteiger charge is 2.19. The fourth-order valence-corrected chi connectivity index (χ4v) is 2.20. The van der Waals surface area contributed by atoms with Gasteiger partial charge in [0.05, 0.1) is 13.2 Å². The average molecular weight is 271 g/mol. The van der Waals surface area contributed by atoms with Crippen LogP contribution in [0.15, 0.2) is 36.7 Å². The van der Waals surface area contributed by atoms with Gasteiger partial charge >= 0.3 is 0 Å². The van der Waals surface area contributed by atoms with Crippen molar-refractivity contribution >= 4 is 0 Å². The first-order chi connectivity index (χ1) is 9.76. The summed E-state index contributed by atoms with van der Waals surface area (Å²) in [6, 6.07) is 7.96. The zero-order valence-corrected chi connectivity index (χ0v) is 12.3. The van der Waals surface area contributed by atoms with Gasteiger partial charge in [-0.05, 0) is 49.7 Å². The molecule has 0 aliphatic carbocycles. The lowest BCUT2D eigenvalue weighted by Gasteiger charge is -2.20. The van der Waals surface area contributed by atoms with E-state index in [1.807, 2.05) is 31.3 Å². The molecule has 1 N–H and O–H groups in total.